The van der Waals surface area contributed by atoms with E-state index in [0.717, 1.165) is 5.69 Å². The first kappa shape index (κ1) is 23.2. The van der Waals surface area contributed by atoms with Crippen LogP contribution in [0.3, 0.4) is 0 Å². The third-order valence-corrected chi connectivity index (χ3v) is 6.73. The van der Waals surface area contributed by atoms with E-state index in [4.69, 9.17) is 4.42 Å². The Morgan fingerprint density at radius 3 is 2.58 bits per heavy atom. The number of sulfonamides is 1. The van der Waals surface area contributed by atoms with Crippen LogP contribution in [0.2, 0.25) is 0 Å². The maximum atomic E-state index is 13.3. The van der Waals surface area contributed by atoms with Gasteiger partial charge in [0.15, 0.2) is 0 Å². The highest BCUT2D eigenvalue weighted by molar-refractivity contribution is 7.89. The number of aromatic nitrogens is 3. The van der Waals surface area contributed by atoms with Crippen molar-refractivity contribution >= 4 is 21.6 Å². The van der Waals surface area contributed by atoms with Gasteiger partial charge in [-0.25, -0.2) is 17.8 Å². The number of anilines is 1. The number of amides is 1. The minimum absolute atomic E-state index is 0.0130. The average Bonchev–Trinajstić information content (AvgIpc) is 3.59. The van der Waals surface area contributed by atoms with Gasteiger partial charge in [-0.1, -0.05) is 24.3 Å². The van der Waals surface area contributed by atoms with Crippen LogP contribution in [0.5, 0.6) is 0 Å². The molecule has 0 aliphatic rings. The van der Waals surface area contributed by atoms with Crippen molar-refractivity contribution < 1.29 is 17.6 Å². The van der Waals surface area contributed by atoms with Crippen molar-refractivity contribution in [1.29, 1.82) is 0 Å². The Bertz CT molecular complexity index is 1580. The van der Waals surface area contributed by atoms with Crippen LogP contribution in [0, 0.1) is 0 Å². The lowest BCUT2D eigenvalue weighted by molar-refractivity contribution is 0.102. The number of rotatable bonds is 8. The molecule has 3 heterocycles. The number of carbonyl (C=O) groups excluding carboxylic acids is 1. The van der Waals surface area contributed by atoms with Gasteiger partial charge >= 0.3 is 0 Å². The topological polar surface area (TPSA) is 119 Å². The summed E-state index contributed by atoms with van der Waals surface area (Å²) in [7, 11) is -3.83. The number of furan rings is 1. The number of pyridine rings is 1. The Morgan fingerprint density at radius 2 is 1.83 bits per heavy atom. The predicted octanol–water partition coefficient (Wildman–Crippen LogP) is 4.26. The molecule has 0 bridgehead atoms. The van der Waals surface area contributed by atoms with Crippen molar-refractivity contribution in [2.75, 3.05) is 5.32 Å². The number of para-hydroxylation sites is 1. The first-order valence-corrected chi connectivity index (χ1v) is 12.5. The Labute approximate surface area is 207 Å². The first-order chi connectivity index (χ1) is 17.5. The molecule has 0 aliphatic carbocycles. The average molecular weight is 500 g/mol. The third kappa shape index (κ3) is 5.09. The lowest BCUT2D eigenvalue weighted by atomic mass is 10.1. The molecular weight excluding hydrogens is 478 g/mol. The van der Waals surface area contributed by atoms with Gasteiger partial charge in [0.05, 0.1) is 29.0 Å². The molecule has 5 rings (SSSR count). The smallest absolute Gasteiger partial charge is 0.259 e. The van der Waals surface area contributed by atoms with E-state index in [1.54, 1.807) is 53.6 Å². The molecule has 9 nitrogen and oxygen atoms in total. The summed E-state index contributed by atoms with van der Waals surface area (Å²) in [6, 6.07) is 22.4. The Morgan fingerprint density at radius 1 is 0.972 bits per heavy atom. The highest BCUT2D eigenvalue weighted by Crippen LogP contribution is 2.25. The van der Waals surface area contributed by atoms with E-state index in [-0.39, 0.29) is 11.4 Å². The first-order valence-electron chi connectivity index (χ1n) is 11.0. The molecule has 0 unspecified atom stereocenters. The zero-order valence-corrected chi connectivity index (χ0v) is 19.7. The maximum Gasteiger partial charge on any atom is 0.259 e. The van der Waals surface area contributed by atoms with Crippen LogP contribution in [0.4, 0.5) is 5.69 Å². The van der Waals surface area contributed by atoms with Crippen LogP contribution in [0.15, 0.2) is 113 Å². The van der Waals surface area contributed by atoms with Gasteiger partial charge in [0.2, 0.25) is 10.0 Å². The number of carbonyl (C=O) groups is 1. The van der Waals surface area contributed by atoms with E-state index in [1.165, 1.54) is 18.4 Å². The normalized spacial score (nSPS) is 11.3. The fraction of sp³-hybridized carbons (Fsp3) is 0.0385. The Balaban J connectivity index is 1.42. The van der Waals surface area contributed by atoms with Crippen LogP contribution >= 0.6 is 0 Å². The van der Waals surface area contributed by atoms with Gasteiger partial charge in [-0.15, -0.1) is 0 Å². The highest BCUT2D eigenvalue weighted by atomic mass is 32.2. The van der Waals surface area contributed by atoms with E-state index >= 15 is 0 Å². The van der Waals surface area contributed by atoms with Gasteiger partial charge in [0, 0.05) is 29.8 Å². The van der Waals surface area contributed by atoms with Gasteiger partial charge in [-0.3, -0.25) is 9.78 Å². The lowest BCUT2D eigenvalue weighted by Crippen LogP contribution is -2.23. The molecule has 0 radical (unpaired) electrons. The van der Waals surface area contributed by atoms with Gasteiger partial charge in [0.25, 0.3) is 5.91 Å². The summed E-state index contributed by atoms with van der Waals surface area (Å²) in [4.78, 5) is 17.5. The lowest BCUT2D eigenvalue weighted by Gasteiger charge is -2.09. The molecule has 5 aromatic rings. The summed E-state index contributed by atoms with van der Waals surface area (Å²) in [6.45, 7) is 0.0130. The van der Waals surface area contributed by atoms with Gasteiger partial charge in [-0.05, 0) is 54.6 Å². The number of hydrogen-bond acceptors (Lipinski definition) is 6. The number of hydrogen-bond donors (Lipinski definition) is 2. The number of nitrogens with zero attached hydrogens (tertiary/aromatic N) is 3. The standard InChI is InChI=1S/C26H21N5O4S/c32-26(29-20-8-4-12-23(15-20)36(33,34)28-17-22-11-6-14-35-22)24-18-31(21-9-2-1-3-10-21)30-25(24)19-7-5-13-27-16-19/h1-16,18,28H,17H2,(H,29,32). The van der Waals surface area contributed by atoms with Gasteiger partial charge in [0.1, 0.15) is 11.5 Å². The second kappa shape index (κ2) is 9.98. The summed E-state index contributed by atoms with van der Waals surface area (Å²) < 4.78 is 34.8. The fourth-order valence-corrected chi connectivity index (χ4v) is 4.61. The summed E-state index contributed by atoms with van der Waals surface area (Å²) in [5.41, 5.74) is 2.56. The summed E-state index contributed by atoms with van der Waals surface area (Å²) in [5.74, 6) is 0.0514. The van der Waals surface area contributed by atoms with Crippen molar-refractivity contribution in [3.63, 3.8) is 0 Å². The number of benzene rings is 2. The summed E-state index contributed by atoms with van der Waals surface area (Å²) in [5, 5.41) is 7.41. The largest absolute Gasteiger partial charge is 0.468 e. The quantitative estimate of drug-likeness (QED) is 0.329. The highest BCUT2D eigenvalue weighted by Gasteiger charge is 2.20. The van der Waals surface area contributed by atoms with Gasteiger partial charge < -0.3 is 9.73 Å². The molecule has 0 fully saturated rings. The van der Waals surface area contributed by atoms with E-state index in [9.17, 15) is 13.2 Å². The van der Waals surface area contributed by atoms with E-state index in [2.05, 4.69) is 20.1 Å². The molecule has 1 amide bonds. The van der Waals surface area contributed by atoms with Crippen molar-refractivity contribution in [3.8, 4) is 16.9 Å². The van der Waals surface area contributed by atoms with E-state index in [1.807, 2.05) is 36.4 Å². The van der Waals surface area contributed by atoms with Crippen molar-refractivity contribution in [1.82, 2.24) is 19.5 Å². The fourth-order valence-electron chi connectivity index (χ4n) is 3.57. The third-order valence-electron chi connectivity index (χ3n) is 5.33. The summed E-state index contributed by atoms with van der Waals surface area (Å²) >= 11 is 0. The van der Waals surface area contributed by atoms with E-state index < -0.39 is 15.9 Å². The predicted molar refractivity (Wildman–Crippen MR) is 134 cm³/mol. The van der Waals surface area contributed by atoms with Crippen LogP contribution in [-0.2, 0) is 16.6 Å². The second-order valence-corrected chi connectivity index (χ2v) is 9.57. The van der Waals surface area contributed by atoms with Crippen LogP contribution in [0.25, 0.3) is 16.9 Å². The molecule has 10 heteroatoms. The molecule has 36 heavy (non-hydrogen) atoms. The molecule has 0 saturated heterocycles. The van der Waals surface area contributed by atoms with Crippen molar-refractivity contribution in [2.45, 2.75) is 11.4 Å². The molecule has 3 aromatic heterocycles. The van der Waals surface area contributed by atoms with E-state index in [0.29, 0.717) is 28.3 Å². The molecule has 0 atom stereocenters. The zero-order chi connectivity index (χ0) is 25.0. The molecular formula is C26H21N5O4S. The van der Waals surface area contributed by atoms with Crippen molar-refractivity contribution in [2.24, 2.45) is 0 Å². The minimum atomic E-state index is -3.83. The summed E-state index contributed by atoms with van der Waals surface area (Å²) in [6.07, 6.45) is 6.38. The molecule has 0 aliphatic heterocycles. The monoisotopic (exact) mass is 499 g/mol. The second-order valence-electron chi connectivity index (χ2n) is 7.80. The van der Waals surface area contributed by atoms with Crippen LogP contribution < -0.4 is 10.0 Å². The maximum absolute atomic E-state index is 13.3. The molecule has 180 valence electrons. The van der Waals surface area contributed by atoms with Gasteiger partial charge in [-0.2, -0.15) is 5.10 Å². The molecule has 0 saturated carbocycles. The Kier molecular flexibility index (Phi) is 6.44. The Hall–Kier alpha value is -4.54. The SMILES string of the molecule is O=C(Nc1cccc(S(=O)(=O)NCc2ccco2)c1)c1cn(-c2ccccc2)nc1-c1cccnc1. The van der Waals surface area contributed by atoms with Crippen molar-refractivity contribution in [3.05, 3.63) is 115 Å². The van der Waals surface area contributed by atoms with Crippen LogP contribution in [0.1, 0.15) is 16.1 Å². The molecule has 2 aromatic carbocycles. The minimum Gasteiger partial charge on any atom is -0.468 e. The number of nitrogens with one attached hydrogen (secondary N) is 2. The molecule has 2 N–H and O–H groups in total. The zero-order valence-electron chi connectivity index (χ0n) is 18.9. The van der Waals surface area contributed by atoms with Crippen LogP contribution in [-0.4, -0.2) is 29.1 Å². The molecule has 0 spiro atoms.